The molecule has 0 bridgehead atoms. The van der Waals surface area contributed by atoms with Crippen LogP contribution in [0.1, 0.15) is 46.0 Å². The molecule has 0 fully saturated rings. The fraction of sp³-hybridized carbons (Fsp3) is 0.800. The van der Waals surface area contributed by atoms with Crippen molar-refractivity contribution in [3.05, 3.63) is 0 Å². The summed E-state index contributed by atoms with van der Waals surface area (Å²) in [5.41, 5.74) is 0. The molecule has 3 heteroatoms. The maximum atomic E-state index is 10.3. The summed E-state index contributed by atoms with van der Waals surface area (Å²) in [6, 6.07) is 0. The van der Waals surface area contributed by atoms with Crippen molar-refractivity contribution >= 4 is 5.97 Å². The molecular weight excluding hydrogens is 166 g/mol. The lowest BCUT2D eigenvalue weighted by molar-refractivity contribution is -0.141. The average Bonchev–Trinajstić information content (AvgIpc) is 2.14. The molecule has 0 spiro atoms. The fourth-order valence-electron chi connectivity index (χ4n) is 0.922. The predicted molar refractivity (Wildman–Crippen MR) is 52.1 cm³/mol. The van der Waals surface area contributed by atoms with Crippen LogP contribution in [-0.2, 0) is 9.53 Å². The standard InChI is InChI=1S/C9H18O2.CHN/c1-3-4-5-6-7-8-11-9(2)10;1-2/h3-8H2,1-2H3;1H. The van der Waals surface area contributed by atoms with Gasteiger partial charge < -0.3 is 4.74 Å². The minimum absolute atomic E-state index is 0.166. The van der Waals surface area contributed by atoms with Crippen LogP contribution in [0.25, 0.3) is 0 Å². The number of carbonyl (C=O) groups excluding carboxylic acids is 1. The first kappa shape index (κ1) is 14.5. The molecule has 0 aromatic heterocycles. The molecule has 0 aromatic carbocycles. The summed E-state index contributed by atoms with van der Waals surface area (Å²) in [4.78, 5) is 10.3. The van der Waals surface area contributed by atoms with Gasteiger partial charge in [-0.1, -0.05) is 32.6 Å². The molecule has 0 N–H and O–H groups in total. The highest BCUT2D eigenvalue weighted by molar-refractivity contribution is 5.65. The van der Waals surface area contributed by atoms with E-state index in [1.54, 1.807) is 0 Å². The van der Waals surface area contributed by atoms with Crippen molar-refractivity contribution in [2.75, 3.05) is 6.61 Å². The summed E-state index contributed by atoms with van der Waals surface area (Å²) < 4.78 is 4.78. The molecule has 0 saturated carbocycles. The lowest BCUT2D eigenvalue weighted by atomic mass is 10.2. The number of unbranched alkanes of at least 4 members (excludes halogenated alkanes) is 4. The second-order valence-electron chi connectivity index (χ2n) is 2.75. The largest absolute Gasteiger partial charge is 0.466 e. The van der Waals surface area contributed by atoms with Gasteiger partial charge in [0.2, 0.25) is 0 Å². The van der Waals surface area contributed by atoms with E-state index < -0.39 is 0 Å². The smallest absolute Gasteiger partial charge is 0.302 e. The number of rotatable bonds is 6. The Morgan fingerprint density at radius 2 is 1.77 bits per heavy atom. The highest BCUT2D eigenvalue weighted by atomic mass is 16.5. The maximum Gasteiger partial charge on any atom is 0.302 e. The number of hydrogen-bond acceptors (Lipinski definition) is 3. The van der Waals surface area contributed by atoms with Crippen LogP contribution < -0.4 is 0 Å². The summed E-state index contributed by atoms with van der Waals surface area (Å²) in [7, 11) is 0. The molecule has 0 unspecified atom stereocenters. The molecule has 0 atom stereocenters. The fourth-order valence-corrected chi connectivity index (χ4v) is 0.922. The van der Waals surface area contributed by atoms with E-state index in [-0.39, 0.29) is 5.97 Å². The van der Waals surface area contributed by atoms with Crippen molar-refractivity contribution in [2.45, 2.75) is 46.0 Å². The molecule has 0 aromatic rings. The summed E-state index contributed by atoms with van der Waals surface area (Å²) in [5, 5.41) is 6.50. The minimum Gasteiger partial charge on any atom is -0.466 e. The Balaban J connectivity index is 0. The molecule has 0 radical (unpaired) electrons. The first-order valence-corrected chi connectivity index (χ1v) is 4.66. The molecule has 76 valence electrons. The highest BCUT2D eigenvalue weighted by Crippen LogP contribution is 2.01. The molecule has 13 heavy (non-hydrogen) atoms. The van der Waals surface area contributed by atoms with Crippen molar-refractivity contribution in [1.82, 2.24) is 0 Å². The van der Waals surface area contributed by atoms with Crippen molar-refractivity contribution in [2.24, 2.45) is 0 Å². The number of carbonyl (C=O) groups is 1. The second kappa shape index (κ2) is 13.5. The van der Waals surface area contributed by atoms with Crippen LogP contribution in [0.15, 0.2) is 0 Å². The number of esters is 1. The molecule has 0 aliphatic carbocycles. The third-order valence-corrected chi connectivity index (χ3v) is 1.55. The zero-order chi connectivity index (χ0) is 10.5. The molecule has 0 aliphatic heterocycles. The van der Waals surface area contributed by atoms with Crippen LogP contribution in [0.3, 0.4) is 0 Å². The molecule has 0 rings (SSSR count). The topological polar surface area (TPSA) is 50.1 Å². The monoisotopic (exact) mass is 185 g/mol. The van der Waals surface area contributed by atoms with Crippen LogP contribution in [0.5, 0.6) is 0 Å². The van der Waals surface area contributed by atoms with Gasteiger partial charge in [-0.3, -0.25) is 4.79 Å². The van der Waals surface area contributed by atoms with E-state index in [0.717, 1.165) is 6.42 Å². The van der Waals surface area contributed by atoms with Crippen molar-refractivity contribution < 1.29 is 9.53 Å². The summed E-state index contributed by atoms with van der Waals surface area (Å²) in [5.74, 6) is -0.166. The van der Waals surface area contributed by atoms with E-state index in [9.17, 15) is 4.79 Å². The Kier molecular flexibility index (Phi) is 15.1. The van der Waals surface area contributed by atoms with Gasteiger partial charge in [-0.25, -0.2) is 5.26 Å². The minimum atomic E-state index is -0.166. The van der Waals surface area contributed by atoms with Gasteiger partial charge in [0.25, 0.3) is 0 Å². The van der Waals surface area contributed by atoms with Gasteiger partial charge >= 0.3 is 5.97 Å². The molecule has 0 saturated heterocycles. The van der Waals surface area contributed by atoms with E-state index in [0.29, 0.717) is 6.61 Å². The Hall–Kier alpha value is -1.04. The zero-order valence-electron chi connectivity index (χ0n) is 8.58. The number of hydrogen-bond donors (Lipinski definition) is 0. The summed E-state index contributed by atoms with van der Waals surface area (Å²) in [6.07, 6.45) is 6.01. The summed E-state index contributed by atoms with van der Waals surface area (Å²) >= 11 is 0. The maximum absolute atomic E-state index is 10.3. The predicted octanol–water partition coefficient (Wildman–Crippen LogP) is 2.66. The molecule has 0 aliphatic rings. The third kappa shape index (κ3) is 18.2. The number of nitriles is 1. The second-order valence-corrected chi connectivity index (χ2v) is 2.75. The van der Waals surface area contributed by atoms with Crippen molar-refractivity contribution in [3.8, 4) is 6.57 Å². The quantitative estimate of drug-likeness (QED) is 0.472. The molecular formula is C10H19NO2. The van der Waals surface area contributed by atoms with Crippen LogP contribution in [0, 0.1) is 11.8 Å². The Morgan fingerprint density at radius 1 is 1.23 bits per heavy atom. The van der Waals surface area contributed by atoms with Crippen LogP contribution in [0.2, 0.25) is 0 Å². The first-order chi connectivity index (χ1) is 6.27. The third-order valence-electron chi connectivity index (χ3n) is 1.55. The van der Waals surface area contributed by atoms with Gasteiger partial charge in [0, 0.05) is 13.5 Å². The van der Waals surface area contributed by atoms with E-state index >= 15 is 0 Å². The highest BCUT2D eigenvalue weighted by Gasteiger charge is 1.92. The van der Waals surface area contributed by atoms with Crippen LogP contribution in [-0.4, -0.2) is 12.6 Å². The first-order valence-electron chi connectivity index (χ1n) is 4.66. The molecule has 3 nitrogen and oxygen atoms in total. The summed E-state index contributed by atoms with van der Waals surface area (Å²) in [6.45, 7) is 7.73. The Morgan fingerprint density at radius 3 is 2.23 bits per heavy atom. The van der Waals surface area contributed by atoms with E-state index in [2.05, 4.69) is 13.5 Å². The van der Waals surface area contributed by atoms with E-state index in [1.165, 1.54) is 32.6 Å². The average molecular weight is 185 g/mol. The van der Waals surface area contributed by atoms with Crippen molar-refractivity contribution in [1.29, 1.82) is 5.26 Å². The Labute approximate surface area is 80.7 Å². The van der Waals surface area contributed by atoms with Gasteiger partial charge in [-0.2, -0.15) is 0 Å². The van der Waals surface area contributed by atoms with Crippen LogP contribution >= 0.6 is 0 Å². The SMILES string of the molecule is C#N.CCCCCCCOC(C)=O. The van der Waals surface area contributed by atoms with Gasteiger partial charge in [0.15, 0.2) is 0 Å². The molecule has 0 amide bonds. The Bertz CT molecular complexity index is 132. The lowest BCUT2D eigenvalue weighted by Crippen LogP contribution is -1.99. The normalized spacial score (nSPS) is 8.31. The molecule has 0 heterocycles. The van der Waals surface area contributed by atoms with Gasteiger partial charge in [-0.05, 0) is 6.42 Å². The van der Waals surface area contributed by atoms with Gasteiger partial charge in [-0.15, -0.1) is 0 Å². The number of ether oxygens (including phenoxy) is 1. The zero-order valence-corrected chi connectivity index (χ0v) is 8.58. The van der Waals surface area contributed by atoms with E-state index in [4.69, 9.17) is 10.00 Å². The van der Waals surface area contributed by atoms with E-state index in [1.807, 2.05) is 0 Å². The van der Waals surface area contributed by atoms with Gasteiger partial charge in [0.05, 0.1) is 6.61 Å². The lowest BCUT2D eigenvalue weighted by Gasteiger charge is -2.00. The van der Waals surface area contributed by atoms with Gasteiger partial charge in [0.1, 0.15) is 0 Å². The van der Waals surface area contributed by atoms with Crippen molar-refractivity contribution in [3.63, 3.8) is 0 Å². The number of nitrogens with zero attached hydrogens (tertiary/aromatic N) is 1. The van der Waals surface area contributed by atoms with Crippen LogP contribution in [0.4, 0.5) is 0 Å².